The van der Waals surface area contributed by atoms with Crippen LogP contribution in [-0.2, 0) is 13.6 Å². The number of rotatable bonds is 4. The summed E-state index contributed by atoms with van der Waals surface area (Å²) in [6.07, 6.45) is 0. The van der Waals surface area contributed by atoms with Gasteiger partial charge in [-0.15, -0.1) is 0 Å². The highest BCUT2D eigenvalue weighted by molar-refractivity contribution is 7.33. The summed E-state index contributed by atoms with van der Waals surface area (Å²) < 4.78 is 18.8. The van der Waals surface area contributed by atoms with E-state index in [1.54, 1.807) is 0 Å². The minimum atomic E-state index is -2.39. The van der Waals surface area contributed by atoms with Crippen LogP contribution in [0.4, 0.5) is 0 Å². The van der Waals surface area contributed by atoms with Crippen LogP contribution in [0.1, 0.15) is 0 Å². The lowest BCUT2D eigenvalue weighted by atomic mass is 11.4. The molecule has 0 radical (unpaired) electrons. The van der Waals surface area contributed by atoms with Crippen LogP contribution in [0.3, 0.4) is 0 Å². The third-order valence-electron chi connectivity index (χ3n) is 0.402. The second kappa shape index (κ2) is 5.21. The van der Waals surface area contributed by atoms with Gasteiger partial charge in [0.05, 0.1) is 0 Å². The first-order valence-electron chi connectivity index (χ1n) is 2.01. The third-order valence-corrected chi connectivity index (χ3v) is 1.21. The minimum absolute atomic E-state index is 0.0994. The molecule has 0 aromatic carbocycles. The molecule has 50 valence electrons. The lowest BCUT2D eigenvalue weighted by Crippen LogP contribution is -2.03. The van der Waals surface area contributed by atoms with Gasteiger partial charge in [-0.05, 0) is 0 Å². The Bertz CT molecular complexity index is 69.7. The van der Waals surface area contributed by atoms with E-state index in [-0.39, 0.29) is 13.5 Å². The molecular formula is C2H9N2O3P. The van der Waals surface area contributed by atoms with Gasteiger partial charge in [0.2, 0.25) is 0 Å². The molecule has 0 atom stereocenters. The molecule has 0 aliphatic rings. The van der Waals surface area contributed by atoms with Crippen molar-refractivity contribution in [3.05, 3.63) is 0 Å². The zero-order valence-corrected chi connectivity index (χ0v) is 5.29. The second-order valence-corrected chi connectivity index (χ2v) is 1.95. The van der Waals surface area contributed by atoms with E-state index >= 15 is 0 Å². The van der Waals surface area contributed by atoms with Crippen LogP contribution in [0.5, 0.6) is 0 Å². The van der Waals surface area contributed by atoms with Gasteiger partial charge in [-0.25, -0.2) is 0 Å². The molecule has 0 saturated carbocycles. The van der Waals surface area contributed by atoms with Crippen molar-refractivity contribution >= 4 is 8.25 Å². The molecule has 0 saturated heterocycles. The fourth-order valence-electron chi connectivity index (χ4n) is 0.178. The topological polar surface area (TPSA) is 87.6 Å². The Morgan fingerprint density at radius 3 is 1.88 bits per heavy atom. The Kier molecular flexibility index (Phi) is 5.26. The van der Waals surface area contributed by atoms with Gasteiger partial charge in [0, 0.05) is 0 Å². The molecule has 0 amide bonds. The average molecular weight is 140 g/mol. The Morgan fingerprint density at radius 1 is 1.25 bits per heavy atom. The zero-order chi connectivity index (χ0) is 6.41. The van der Waals surface area contributed by atoms with E-state index in [0.29, 0.717) is 0 Å². The maximum atomic E-state index is 10.2. The van der Waals surface area contributed by atoms with Crippen molar-refractivity contribution < 1.29 is 13.6 Å². The normalized spacial score (nSPS) is 10.4. The molecule has 0 aromatic rings. The summed E-state index contributed by atoms with van der Waals surface area (Å²) in [5, 5.41) is 0. The van der Waals surface area contributed by atoms with Gasteiger partial charge in [0.1, 0.15) is 13.5 Å². The molecule has 0 unspecified atom stereocenters. The van der Waals surface area contributed by atoms with E-state index in [4.69, 9.17) is 11.5 Å². The number of hydrogen-bond donors (Lipinski definition) is 2. The maximum Gasteiger partial charge on any atom is 0.321 e. The van der Waals surface area contributed by atoms with E-state index in [2.05, 4.69) is 9.05 Å². The van der Waals surface area contributed by atoms with Gasteiger partial charge in [0.15, 0.2) is 0 Å². The van der Waals surface area contributed by atoms with Crippen LogP contribution >= 0.6 is 8.25 Å². The van der Waals surface area contributed by atoms with Crippen LogP contribution in [0.2, 0.25) is 0 Å². The molecule has 0 fully saturated rings. The molecule has 0 bridgehead atoms. The summed E-state index contributed by atoms with van der Waals surface area (Å²) in [4.78, 5) is 0. The van der Waals surface area contributed by atoms with Crippen molar-refractivity contribution in [2.75, 3.05) is 13.5 Å². The van der Waals surface area contributed by atoms with Gasteiger partial charge < -0.3 is 11.5 Å². The SMILES string of the molecule is NCO[PH](=O)OCN. The largest absolute Gasteiger partial charge is 0.321 e. The lowest BCUT2D eigenvalue weighted by Gasteiger charge is -1.97. The van der Waals surface area contributed by atoms with Gasteiger partial charge in [-0.3, -0.25) is 13.6 Å². The van der Waals surface area contributed by atoms with E-state index in [9.17, 15) is 4.57 Å². The predicted octanol–water partition coefficient (Wildman–Crippen LogP) is -0.758. The average Bonchev–Trinajstić information content (AvgIpc) is 1.68. The Balaban J connectivity index is 3.06. The highest BCUT2D eigenvalue weighted by Gasteiger charge is 1.92. The van der Waals surface area contributed by atoms with Crippen LogP contribution in [0, 0.1) is 0 Å². The molecule has 0 aromatic heterocycles. The smallest absolute Gasteiger partial charge is 0.308 e. The number of hydrogen-bond acceptors (Lipinski definition) is 5. The van der Waals surface area contributed by atoms with Crippen molar-refractivity contribution in [3.8, 4) is 0 Å². The van der Waals surface area contributed by atoms with Gasteiger partial charge in [0.25, 0.3) is 0 Å². The highest BCUT2D eigenvalue weighted by atomic mass is 31.1. The van der Waals surface area contributed by atoms with E-state index < -0.39 is 8.25 Å². The lowest BCUT2D eigenvalue weighted by molar-refractivity contribution is 0.235. The summed E-state index contributed by atoms with van der Waals surface area (Å²) >= 11 is 0. The summed E-state index contributed by atoms with van der Waals surface area (Å²) in [6, 6.07) is 0. The molecule has 8 heavy (non-hydrogen) atoms. The molecule has 4 N–H and O–H groups in total. The summed E-state index contributed by atoms with van der Waals surface area (Å²) in [6.45, 7) is -0.199. The first kappa shape index (κ1) is 8.07. The molecule has 0 aliphatic carbocycles. The van der Waals surface area contributed by atoms with Crippen molar-refractivity contribution in [2.45, 2.75) is 0 Å². The van der Waals surface area contributed by atoms with Crippen LogP contribution in [0.15, 0.2) is 0 Å². The van der Waals surface area contributed by atoms with Crippen molar-refractivity contribution in [3.63, 3.8) is 0 Å². The quantitative estimate of drug-likeness (QED) is 0.396. The zero-order valence-electron chi connectivity index (χ0n) is 4.29. The molecule has 0 heterocycles. The monoisotopic (exact) mass is 140 g/mol. The van der Waals surface area contributed by atoms with Crippen LogP contribution < -0.4 is 11.5 Å². The molecule has 5 nitrogen and oxygen atoms in total. The summed E-state index contributed by atoms with van der Waals surface area (Å²) in [5.41, 5.74) is 9.68. The number of nitrogens with two attached hydrogens (primary N) is 2. The van der Waals surface area contributed by atoms with Gasteiger partial charge >= 0.3 is 8.25 Å². The fourth-order valence-corrected chi connectivity index (χ4v) is 0.533. The van der Waals surface area contributed by atoms with Crippen molar-refractivity contribution in [1.82, 2.24) is 0 Å². The molecule has 6 heteroatoms. The predicted molar refractivity (Wildman–Crippen MR) is 29.3 cm³/mol. The van der Waals surface area contributed by atoms with Crippen LogP contribution in [0.25, 0.3) is 0 Å². The maximum absolute atomic E-state index is 10.2. The van der Waals surface area contributed by atoms with Gasteiger partial charge in [-0.1, -0.05) is 0 Å². The molecule has 0 rings (SSSR count). The van der Waals surface area contributed by atoms with E-state index in [1.807, 2.05) is 0 Å². The standard InChI is InChI=1S/C2H9N2O3P/c3-1-6-8(5)7-2-4/h8H,1-4H2. The molecule has 0 spiro atoms. The van der Waals surface area contributed by atoms with E-state index in [1.165, 1.54) is 0 Å². The first-order chi connectivity index (χ1) is 3.81. The van der Waals surface area contributed by atoms with Crippen molar-refractivity contribution in [2.24, 2.45) is 11.5 Å². The second-order valence-electron chi connectivity index (χ2n) is 0.872. The Hall–Kier alpha value is 0.0700. The Morgan fingerprint density at radius 2 is 1.62 bits per heavy atom. The first-order valence-corrected chi connectivity index (χ1v) is 3.23. The molecular weight excluding hydrogens is 131 g/mol. The molecule has 0 aliphatic heterocycles. The van der Waals surface area contributed by atoms with Crippen LogP contribution in [-0.4, -0.2) is 13.5 Å². The van der Waals surface area contributed by atoms with E-state index in [0.717, 1.165) is 0 Å². The summed E-state index contributed by atoms with van der Waals surface area (Å²) in [5.74, 6) is 0. The highest BCUT2D eigenvalue weighted by Crippen LogP contribution is 2.20. The summed E-state index contributed by atoms with van der Waals surface area (Å²) in [7, 11) is -2.39. The minimum Gasteiger partial charge on any atom is -0.308 e. The third kappa shape index (κ3) is 4.23. The van der Waals surface area contributed by atoms with Gasteiger partial charge in [-0.2, -0.15) is 0 Å². The Labute approximate surface area is 47.9 Å². The fraction of sp³-hybridized carbons (Fsp3) is 1.00. The van der Waals surface area contributed by atoms with Crippen molar-refractivity contribution in [1.29, 1.82) is 0 Å².